The lowest BCUT2D eigenvalue weighted by Gasteiger charge is -2.04. The largest absolute Gasteiger partial charge is 0.433 e. The maximum atomic E-state index is 12.4. The van der Waals surface area contributed by atoms with Gasteiger partial charge in [0.1, 0.15) is 16.3 Å². The molecule has 0 bridgehead atoms. The number of anilines is 1. The second-order valence-corrected chi connectivity index (χ2v) is 6.93. The fourth-order valence-corrected chi connectivity index (χ4v) is 3.68. The Morgan fingerprint density at radius 3 is 2.89 bits per heavy atom. The van der Waals surface area contributed by atoms with Gasteiger partial charge in [0.25, 0.3) is 5.91 Å². The zero-order valence-electron chi connectivity index (χ0n) is 13.7. The number of carbonyl (C=O) groups excluding carboxylic acids is 1. The molecule has 1 N–H and O–H groups in total. The number of thiazole rings is 1. The minimum absolute atomic E-state index is 0.181. The van der Waals surface area contributed by atoms with Crippen LogP contribution in [0.25, 0.3) is 15.3 Å². The van der Waals surface area contributed by atoms with Gasteiger partial charge in [-0.1, -0.05) is 29.0 Å². The number of carbonyl (C=O) groups is 1. The van der Waals surface area contributed by atoms with Crippen LogP contribution >= 0.6 is 22.9 Å². The smallest absolute Gasteiger partial charge is 0.395 e. The Balaban J connectivity index is 1.68. The molecule has 1 amide bonds. The van der Waals surface area contributed by atoms with E-state index < -0.39 is 16.7 Å². The molecule has 0 saturated heterocycles. The summed E-state index contributed by atoms with van der Waals surface area (Å²) in [6.07, 6.45) is 0. The van der Waals surface area contributed by atoms with Crippen molar-refractivity contribution < 1.29 is 14.1 Å². The number of nitrogens with one attached hydrogen (secondary N) is 1. The molecule has 0 unspecified atom stereocenters. The number of nitrogens with zero attached hydrogens (tertiary/aromatic N) is 4. The van der Waals surface area contributed by atoms with Crippen LogP contribution in [-0.4, -0.2) is 25.6 Å². The first-order valence-electron chi connectivity index (χ1n) is 7.60. The van der Waals surface area contributed by atoms with Crippen molar-refractivity contribution in [2.24, 2.45) is 0 Å². The van der Waals surface area contributed by atoms with Crippen LogP contribution in [0.5, 0.6) is 0 Å². The molecule has 0 spiro atoms. The van der Waals surface area contributed by atoms with Gasteiger partial charge in [0.15, 0.2) is 5.76 Å². The third kappa shape index (κ3) is 3.15. The average molecular weight is 404 g/mol. The standard InChI is InChI=1S/C16H10ClN5O4S/c1-8-7-12(18-15(23)10-5-6-13(26-10)22(24)25)21(20-8)16-19-14-9(17)3-2-4-11(14)27-16/h2-7H,1H3,(H,18,23). The van der Waals surface area contributed by atoms with Crippen LogP contribution in [0.2, 0.25) is 5.02 Å². The van der Waals surface area contributed by atoms with Crippen molar-refractivity contribution in [1.29, 1.82) is 0 Å². The number of halogens is 1. The van der Waals surface area contributed by atoms with E-state index in [0.717, 1.165) is 10.8 Å². The molecule has 0 fully saturated rings. The summed E-state index contributed by atoms with van der Waals surface area (Å²) in [6.45, 7) is 1.77. The maximum Gasteiger partial charge on any atom is 0.433 e. The van der Waals surface area contributed by atoms with Crippen LogP contribution < -0.4 is 5.32 Å². The summed E-state index contributed by atoms with van der Waals surface area (Å²) in [4.78, 5) is 26.8. The Morgan fingerprint density at radius 2 is 2.19 bits per heavy atom. The Morgan fingerprint density at radius 1 is 1.37 bits per heavy atom. The molecule has 11 heteroatoms. The highest BCUT2D eigenvalue weighted by Gasteiger charge is 2.20. The van der Waals surface area contributed by atoms with Gasteiger partial charge in [-0.25, -0.2) is 4.98 Å². The van der Waals surface area contributed by atoms with Gasteiger partial charge in [0.05, 0.1) is 21.5 Å². The predicted molar refractivity (Wildman–Crippen MR) is 99.8 cm³/mol. The normalized spacial score (nSPS) is 11.0. The van der Waals surface area contributed by atoms with Gasteiger partial charge in [-0.05, 0) is 25.1 Å². The van der Waals surface area contributed by atoms with E-state index in [1.165, 1.54) is 22.1 Å². The zero-order chi connectivity index (χ0) is 19.1. The van der Waals surface area contributed by atoms with Gasteiger partial charge >= 0.3 is 5.88 Å². The van der Waals surface area contributed by atoms with Crippen LogP contribution in [0.15, 0.2) is 40.8 Å². The Labute approximate surface area is 160 Å². The van der Waals surface area contributed by atoms with Crippen molar-refractivity contribution in [2.45, 2.75) is 6.92 Å². The molecular weight excluding hydrogens is 394 g/mol. The average Bonchev–Trinajstić information content (AvgIpc) is 3.32. The molecule has 4 rings (SSSR count). The van der Waals surface area contributed by atoms with E-state index in [1.807, 2.05) is 12.1 Å². The van der Waals surface area contributed by atoms with Gasteiger partial charge in [0.2, 0.25) is 5.13 Å². The molecule has 0 atom stereocenters. The number of hydrogen-bond donors (Lipinski definition) is 1. The maximum absolute atomic E-state index is 12.4. The number of amides is 1. The molecule has 1 aromatic carbocycles. The van der Waals surface area contributed by atoms with Crippen molar-refractivity contribution in [3.05, 3.63) is 63.0 Å². The first-order valence-corrected chi connectivity index (χ1v) is 8.79. The van der Waals surface area contributed by atoms with Crippen LogP contribution in [0, 0.1) is 17.0 Å². The fourth-order valence-electron chi connectivity index (χ4n) is 2.45. The van der Waals surface area contributed by atoms with Crippen LogP contribution in [0.4, 0.5) is 11.7 Å². The van der Waals surface area contributed by atoms with Gasteiger partial charge < -0.3 is 9.73 Å². The van der Waals surface area contributed by atoms with Crippen LogP contribution in [0.3, 0.4) is 0 Å². The van der Waals surface area contributed by atoms with Crippen molar-refractivity contribution in [2.75, 3.05) is 5.32 Å². The number of rotatable bonds is 4. The number of aryl methyl sites for hydroxylation is 1. The van der Waals surface area contributed by atoms with Crippen molar-refractivity contribution in [3.63, 3.8) is 0 Å². The van der Waals surface area contributed by atoms with Crippen LogP contribution in [0.1, 0.15) is 16.2 Å². The molecule has 0 radical (unpaired) electrons. The van der Waals surface area contributed by atoms with Gasteiger partial charge in [-0.2, -0.15) is 9.78 Å². The van der Waals surface area contributed by atoms with Gasteiger partial charge in [-0.15, -0.1) is 0 Å². The first-order chi connectivity index (χ1) is 12.9. The molecule has 0 saturated carbocycles. The van der Waals surface area contributed by atoms with E-state index in [9.17, 15) is 14.9 Å². The Bertz CT molecular complexity index is 1190. The lowest BCUT2D eigenvalue weighted by atomic mass is 10.3. The summed E-state index contributed by atoms with van der Waals surface area (Å²) in [5.74, 6) is -0.972. The summed E-state index contributed by atoms with van der Waals surface area (Å²) in [5, 5.41) is 18.7. The minimum Gasteiger partial charge on any atom is -0.395 e. The second-order valence-electron chi connectivity index (χ2n) is 5.51. The number of furan rings is 1. The molecule has 0 aliphatic heterocycles. The minimum atomic E-state index is -0.712. The molecule has 27 heavy (non-hydrogen) atoms. The highest BCUT2D eigenvalue weighted by Crippen LogP contribution is 2.31. The van der Waals surface area contributed by atoms with E-state index in [4.69, 9.17) is 16.0 Å². The third-order valence-corrected chi connectivity index (χ3v) is 4.91. The van der Waals surface area contributed by atoms with E-state index in [0.29, 0.717) is 27.2 Å². The summed E-state index contributed by atoms with van der Waals surface area (Å²) in [6, 6.07) is 9.47. The molecule has 9 nitrogen and oxygen atoms in total. The van der Waals surface area contributed by atoms with Crippen LogP contribution in [-0.2, 0) is 0 Å². The molecule has 3 heterocycles. The number of hydrogen-bond acceptors (Lipinski definition) is 7. The lowest BCUT2D eigenvalue weighted by Crippen LogP contribution is -2.14. The predicted octanol–water partition coefficient (Wildman–Crippen LogP) is 4.20. The molecule has 0 aliphatic carbocycles. The summed E-state index contributed by atoms with van der Waals surface area (Å²) in [7, 11) is 0. The first kappa shape index (κ1) is 17.2. The fraction of sp³-hybridized carbons (Fsp3) is 0.0625. The topological polar surface area (TPSA) is 116 Å². The molecule has 136 valence electrons. The SMILES string of the molecule is Cc1cc(NC(=O)c2ccc([N+](=O)[O-])o2)n(-c2nc3c(Cl)cccc3s2)n1. The second kappa shape index (κ2) is 6.49. The van der Waals surface area contributed by atoms with Crippen molar-refractivity contribution >= 4 is 50.8 Å². The monoisotopic (exact) mass is 403 g/mol. The number of fused-ring (bicyclic) bond motifs is 1. The van der Waals surface area contributed by atoms with Gasteiger partial charge in [-0.3, -0.25) is 14.9 Å². The van der Waals surface area contributed by atoms with E-state index in [-0.39, 0.29) is 5.76 Å². The third-order valence-electron chi connectivity index (χ3n) is 3.61. The highest BCUT2D eigenvalue weighted by atomic mass is 35.5. The quantitative estimate of drug-likeness (QED) is 0.403. The van der Waals surface area contributed by atoms with Crippen molar-refractivity contribution in [3.8, 4) is 5.13 Å². The number of nitro groups is 1. The zero-order valence-corrected chi connectivity index (χ0v) is 15.2. The van der Waals surface area contributed by atoms with E-state index in [2.05, 4.69) is 15.4 Å². The summed E-state index contributed by atoms with van der Waals surface area (Å²) in [5.41, 5.74) is 1.30. The molecular formula is C16H10ClN5O4S. The van der Waals surface area contributed by atoms with Gasteiger partial charge in [0, 0.05) is 6.07 Å². The highest BCUT2D eigenvalue weighted by molar-refractivity contribution is 7.20. The summed E-state index contributed by atoms with van der Waals surface area (Å²) < 4.78 is 7.28. The summed E-state index contributed by atoms with van der Waals surface area (Å²) >= 11 is 7.54. The lowest BCUT2D eigenvalue weighted by molar-refractivity contribution is -0.402. The molecule has 0 aliphatic rings. The van der Waals surface area contributed by atoms with E-state index >= 15 is 0 Å². The molecule has 3 aromatic heterocycles. The van der Waals surface area contributed by atoms with E-state index in [1.54, 1.807) is 19.1 Å². The molecule has 4 aromatic rings. The Hall–Kier alpha value is -3.24. The number of aromatic nitrogens is 3. The number of para-hydroxylation sites is 1. The Kier molecular flexibility index (Phi) is 4.13. The van der Waals surface area contributed by atoms with Crippen molar-refractivity contribution in [1.82, 2.24) is 14.8 Å². The number of benzene rings is 1.